The Hall–Kier alpha value is -1.83. The molecule has 3 N–H and O–H groups in total. The lowest BCUT2D eigenvalue weighted by Crippen LogP contribution is -2.13. The Morgan fingerprint density at radius 2 is 2.00 bits per heavy atom. The van der Waals surface area contributed by atoms with E-state index in [1.165, 1.54) is 18.2 Å². The van der Waals surface area contributed by atoms with Crippen molar-refractivity contribution >= 4 is 34.3 Å². The second-order valence-electron chi connectivity index (χ2n) is 3.49. The van der Waals surface area contributed by atoms with Crippen molar-refractivity contribution in [3.05, 3.63) is 45.7 Å². The van der Waals surface area contributed by atoms with E-state index in [1.54, 1.807) is 18.3 Å². The van der Waals surface area contributed by atoms with Gasteiger partial charge in [0.2, 0.25) is 0 Å². The summed E-state index contributed by atoms with van der Waals surface area (Å²) in [6, 6.07) is 7.64. The highest BCUT2D eigenvalue weighted by Gasteiger charge is 2.14. The number of phenols is 2. The summed E-state index contributed by atoms with van der Waals surface area (Å²) in [6.07, 6.45) is 1.61. The number of phenolic OH excluding ortho intramolecular Hbond substituents is 2. The third-order valence-electron chi connectivity index (χ3n) is 2.23. The molecule has 18 heavy (non-hydrogen) atoms. The van der Waals surface area contributed by atoms with Crippen molar-refractivity contribution in [2.24, 2.45) is 0 Å². The van der Waals surface area contributed by atoms with E-state index in [4.69, 9.17) is 0 Å². The highest BCUT2D eigenvalue weighted by molar-refractivity contribution is 14.1. The van der Waals surface area contributed by atoms with Crippen molar-refractivity contribution in [1.29, 1.82) is 0 Å². The third kappa shape index (κ3) is 2.70. The number of benzene rings is 1. The van der Waals surface area contributed by atoms with Gasteiger partial charge in [0.25, 0.3) is 5.91 Å². The fraction of sp³-hybridized carbons (Fsp3) is 0. The number of hydrogen-bond acceptors (Lipinski definition) is 4. The van der Waals surface area contributed by atoms with Crippen LogP contribution in [-0.2, 0) is 0 Å². The molecule has 6 heteroatoms. The Morgan fingerprint density at radius 3 is 2.67 bits per heavy atom. The summed E-state index contributed by atoms with van der Waals surface area (Å²) in [5, 5.41) is 21.4. The van der Waals surface area contributed by atoms with Gasteiger partial charge in [-0.05, 0) is 46.9 Å². The predicted molar refractivity (Wildman–Crippen MR) is 74.7 cm³/mol. The van der Waals surface area contributed by atoms with E-state index in [0.29, 0.717) is 5.82 Å². The van der Waals surface area contributed by atoms with Crippen LogP contribution in [0.4, 0.5) is 5.82 Å². The number of anilines is 1. The standard InChI is InChI=1S/C12H9IN2O3/c13-7-4-5-10(14-6-7)15-12(18)8-2-1-3-9(16)11(8)17/h1-6,16-17H,(H,14,15,18). The van der Waals surface area contributed by atoms with Gasteiger partial charge in [0.15, 0.2) is 11.5 Å². The molecule has 1 amide bonds. The molecule has 2 aromatic rings. The van der Waals surface area contributed by atoms with Crippen molar-refractivity contribution in [2.75, 3.05) is 5.32 Å². The molecule has 5 nitrogen and oxygen atoms in total. The van der Waals surface area contributed by atoms with Crippen LogP contribution in [0.2, 0.25) is 0 Å². The first-order valence-corrected chi connectivity index (χ1v) is 6.09. The zero-order valence-corrected chi connectivity index (χ0v) is 11.2. The average Bonchev–Trinajstić information content (AvgIpc) is 2.35. The molecule has 1 aromatic carbocycles. The fourth-order valence-electron chi connectivity index (χ4n) is 1.35. The molecule has 92 valence electrons. The SMILES string of the molecule is O=C(Nc1ccc(I)cn1)c1cccc(O)c1O. The van der Waals surface area contributed by atoms with E-state index in [2.05, 4.69) is 32.9 Å². The molecule has 1 aromatic heterocycles. The number of pyridine rings is 1. The zero-order valence-electron chi connectivity index (χ0n) is 9.09. The van der Waals surface area contributed by atoms with Gasteiger partial charge in [0, 0.05) is 9.77 Å². The summed E-state index contributed by atoms with van der Waals surface area (Å²) in [5.41, 5.74) is -0.00431. The highest BCUT2D eigenvalue weighted by Crippen LogP contribution is 2.28. The second-order valence-corrected chi connectivity index (χ2v) is 4.73. The Balaban J connectivity index is 2.22. The smallest absolute Gasteiger partial charge is 0.260 e. The predicted octanol–water partition coefficient (Wildman–Crippen LogP) is 2.35. The van der Waals surface area contributed by atoms with Gasteiger partial charge in [0.1, 0.15) is 5.82 Å². The number of hydrogen-bond donors (Lipinski definition) is 3. The molecule has 0 bridgehead atoms. The van der Waals surface area contributed by atoms with Gasteiger partial charge in [-0.3, -0.25) is 4.79 Å². The fourth-order valence-corrected chi connectivity index (χ4v) is 1.67. The maximum absolute atomic E-state index is 11.8. The molecular weight excluding hydrogens is 347 g/mol. The maximum Gasteiger partial charge on any atom is 0.260 e. The molecule has 1 heterocycles. The lowest BCUT2D eigenvalue weighted by molar-refractivity contribution is 0.102. The largest absolute Gasteiger partial charge is 0.504 e. The first kappa shape index (κ1) is 12.6. The van der Waals surface area contributed by atoms with Gasteiger partial charge < -0.3 is 15.5 Å². The number of halogens is 1. The molecule has 0 aliphatic rings. The average molecular weight is 356 g/mol. The number of amides is 1. The number of para-hydroxylation sites is 1. The van der Waals surface area contributed by atoms with Crippen LogP contribution in [0.25, 0.3) is 0 Å². The summed E-state index contributed by atoms with van der Waals surface area (Å²) in [7, 11) is 0. The van der Waals surface area contributed by atoms with E-state index in [1.807, 2.05) is 0 Å². The van der Waals surface area contributed by atoms with Crippen molar-refractivity contribution in [2.45, 2.75) is 0 Å². The summed E-state index contributed by atoms with van der Waals surface area (Å²) in [6.45, 7) is 0. The topological polar surface area (TPSA) is 82.5 Å². The van der Waals surface area contributed by atoms with Gasteiger partial charge in [-0.15, -0.1) is 0 Å². The second kappa shape index (κ2) is 5.21. The van der Waals surface area contributed by atoms with E-state index in [0.717, 1.165) is 3.57 Å². The number of carbonyl (C=O) groups is 1. The van der Waals surface area contributed by atoms with E-state index in [-0.39, 0.29) is 11.3 Å². The van der Waals surface area contributed by atoms with Gasteiger partial charge >= 0.3 is 0 Å². The molecule has 0 aliphatic carbocycles. The van der Waals surface area contributed by atoms with Crippen LogP contribution in [-0.4, -0.2) is 21.1 Å². The summed E-state index contributed by atoms with van der Waals surface area (Å²) in [4.78, 5) is 15.9. The zero-order chi connectivity index (χ0) is 13.1. The molecule has 0 aliphatic heterocycles. The van der Waals surface area contributed by atoms with Crippen LogP contribution in [0, 0.1) is 3.57 Å². The lowest BCUT2D eigenvalue weighted by atomic mass is 10.1. The van der Waals surface area contributed by atoms with Crippen LogP contribution in [0.15, 0.2) is 36.5 Å². The number of nitrogens with one attached hydrogen (secondary N) is 1. The maximum atomic E-state index is 11.8. The molecule has 0 fully saturated rings. The summed E-state index contributed by atoms with van der Waals surface area (Å²) < 4.78 is 0.950. The Kier molecular flexibility index (Phi) is 3.66. The van der Waals surface area contributed by atoms with Crippen molar-refractivity contribution in [3.63, 3.8) is 0 Å². The number of nitrogens with zero attached hydrogens (tertiary/aromatic N) is 1. The minimum absolute atomic E-state index is 0.00431. The normalized spacial score (nSPS) is 10.1. The molecule has 2 rings (SSSR count). The van der Waals surface area contributed by atoms with E-state index >= 15 is 0 Å². The van der Waals surface area contributed by atoms with Crippen molar-refractivity contribution < 1.29 is 15.0 Å². The van der Waals surface area contributed by atoms with E-state index in [9.17, 15) is 15.0 Å². The number of aromatic nitrogens is 1. The monoisotopic (exact) mass is 356 g/mol. The van der Waals surface area contributed by atoms with Gasteiger partial charge in [-0.2, -0.15) is 0 Å². The molecule has 0 saturated carbocycles. The van der Waals surface area contributed by atoms with Gasteiger partial charge in [-0.1, -0.05) is 6.07 Å². The Morgan fingerprint density at radius 1 is 1.22 bits per heavy atom. The number of carbonyl (C=O) groups excluding carboxylic acids is 1. The Labute approximate surface area is 117 Å². The van der Waals surface area contributed by atoms with Crippen LogP contribution >= 0.6 is 22.6 Å². The van der Waals surface area contributed by atoms with Crippen LogP contribution < -0.4 is 5.32 Å². The van der Waals surface area contributed by atoms with Crippen LogP contribution in [0.1, 0.15) is 10.4 Å². The van der Waals surface area contributed by atoms with Crippen molar-refractivity contribution in [1.82, 2.24) is 4.98 Å². The molecule has 0 unspecified atom stereocenters. The van der Waals surface area contributed by atoms with Crippen LogP contribution in [0.5, 0.6) is 11.5 Å². The van der Waals surface area contributed by atoms with Crippen LogP contribution in [0.3, 0.4) is 0 Å². The molecular formula is C12H9IN2O3. The minimum atomic E-state index is -0.530. The number of rotatable bonds is 2. The van der Waals surface area contributed by atoms with E-state index < -0.39 is 11.7 Å². The Bertz CT molecular complexity index is 584. The molecule has 0 atom stereocenters. The summed E-state index contributed by atoms with van der Waals surface area (Å²) >= 11 is 2.10. The molecule has 0 radical (unpaired) electrons. The van der Waals surface area contributed by atoms with Gasteiger partial charge in [-0.25, -0.2) is 4.98 Å². The molecule has 0 saturated heterocycles. The first-order valence-electron chi connectivity index (χ1n) is 5.02. The molecule has 0 spiro atoms. The third-order valence-corrected chi connectivity index (χ3v) is 2.87. The first-order chi connectivity index (χ1) is 8.58. The highest BCUT2D eigenvalue weighted by atomic mass is 127. The van der Waals surface area contributed by atoms with Gasteiger partial charge in [0.05, 0.1) is 5.56 Å². The van der Waals surface area contributed by atoms with Crippen molar-refractivity contribution in [3.8, 4) is 11.5 Å². The quantitative estimate of drug-likeness (QED) is 0.570. The lowest BCUT2D eigenvalue weighted by Gasteiger charge is -2.06. The number of aromatic hydroxyl groups is 2. The summed E-state index contributed by atoms with van der Waals surface area (Å²) in [5.74, 6) is -0.931. The minimum Gasteiger partial charge on any atom is -0.504 e.